The molecular formula is C21H31N5O5S. The van der Waals surface area contributed by atoms with Crippen molar-refractivity contribution < 1.29 is 19.3 Å². The molecule has 1 aliphatic heterocycles. The Bertz CT molecular complexity index is 822. The number of likely N-dealkylation sites (tertiary alicyclic amines) is 1. The fraction of sp³-hybridized carbons (Fsp3) is 0.571. The normalized spacial score (nSPS) is 17.3. The lowest BCUT2D eigenvalue weighted by Crippen LogP contribution is -2.47. The zero-order valence-corrected chi connectivity index (χ0v) is 19.1. The molecule has 4 N–H and O–H groups in total. The number of primary amides is 1. The average Bonchev–Trinajstić information content (AvgIpc) is 2.79. The van der Waals surface area contributed by atoms with E-state index in [1.165, 1.54) is 24.3 Å². The molecule has 2 unspecified atom stereocenters. The molecule has 11 heteroatoms. The van der Waals surface area contributed by atoms with Gasteiger partial charge in [-0.15, -0.1) is 0 Å². The minimum absolute atomic E-state index is 0.113. The molecule has 32 heavy (non-hydrogen) atoms. The average molecular weight is 466 g/mol. The van der Waals surface area contributed by atoms with E-state index < -0.39 is 16.9 Å². The summed E-state index contributed by atoms with van der Waals surface area (Å²) in [6.07, 6.45) is 4.82. The van der Waals surface area contributed by atoms with E-state index >= 15 is 0 Å². The molecule has 1 fully saturated rings. The summed E-state index contributed by atoms with van der Waals surface area (Å²) < 4.78 is 0. The molecule has 0 spiro atoms. The third-order valence-corrected chi connectivity index (χ3v) is 6.05. The largest absolute Gasteiger partial charge is 0.369 e. The number of nitro groups is 1. The zero-order chi connectivity index (χ0) is 23.5. The lowest BCUT2D eigenvalue weighted by molar-refractivity contribution is -0.384. The number of rotatable bonds is 12. The van der Waals surface area contributed by atoms with E-state index in [2.05, 4.69) is 15.5 Å². The van der Waals surface area contributed by atoms with E-state index in [4.69, 9.17) is 5.73 Å². The lowest BCUT2D eigenvalue weighted by Gasteiger charge is -2.31. The van der Waals surface area contributed by atoms with E-state index in [0.29, 0.717) is 31.7 Å². The number of non-ortho nitro benzene ring substituents is 1. The Morgan fingerprint density at radius 2 is 2.16 bits per heavy atom. The highest BCUT2D eigenvalue weighted by Crippen LogP contribution is 2.16. The van der Waals surface area contributed by atoms with Crippen LogP contribution in [0.5, 0.6) is 0 Å². The lowest BCUT2D eigenvalue weighted by atomic mass is 9.97. The molecule has 0 radical (unpaired) electrons. The quantitative estimate of drug-likeness (QED) is 0.238. The molecule has 1 aromatic carbocycles. The molecule has 176 valence electrons. The van der Waals surface area contributed by atoms with Gasteiger partial charge in [-0.2, -0.15) is 11.8 Å². The van der Waals surface area contributed by atoms with Gasteiger partial charge in [-0.25, -0.2) is 0 Å². The van der Waals surface area contributed by atoms with Gasteiger partial charge in [0.1, 0.15) is 6.04 Å². The van der Waals surface area contributed by atoms with Crippen molar-refractivity contribution in [2.24, 2.45) is 11.7 Å². The maximum Gasteiger partial charge on any atom is 0.270 e. The van der Waals surface area contributed by atoms with Gasteiger partial charge < -0.3 is 21.3 Å². The van der Waals surface area contributed by atoms with Gasteiger partial charge in [0.2, 0.25) is 11.8 Å². The fourth-order valence-corrected chi connectivity index (χ4v) is 4.11. The van der Waals surface area contributed by atoms with Crippen molar-refractivity contribution in [2.45, 2.75) is 31.7 Å². The smallest absolute Gasteiger partial charge is 0.270 e. The summed E-state index contributed by atoms with van der Waals surface area (Å²) in [6, 6.07) is 4.68. The number of nitrogens with one attached hydrogen (secondary N) is 2. The van der Waals surface area contributed by atoms with E-state index in [9.17, 15) is 24.5 Å². The summed E-state index contributed by atoms with van der Waals surface area (Å²) in [5.74, 6) is -0.514. The highest BCUT2D eigenvalue weighted by atomic mass is 32.2. The number of carbonyl (C=O) groups excluding carboxylic acids is 3. The molecular weight excluding hydrogens is 434 g/mol. The van der Waals surface area contributed by atoms with Gasteiger partial charge in [0.05, 0.1) is 10.8 Å². The molecule has 0 saturated carbocycles. The summed E-state index contributed by atoms with van der Waals surface area (Å²) >= 11 is 1.56. The third kappa shape index (κ3) is 8.12. The highest BCUT2D eigenvalue weighted by molar-refractivity contribution is 7.98. The van der Waals surface area contributed by atoms with E-state index in [1.807, 2.05) is 6.26 Å². The molecule has 2 atom stereocenters. The summed E-state index contributed by atoms with van der Waals surface area (Å²) in [5, 5.41) is 16.5. The number of hydrogen-bond donors (Lipinski definition) is 3. The highest BCUT2D eigenvalue weighted by Gasteiger charge is 2.24. The Hall–Kier alpha value is -2.66. The SMILES string of the molecule is CSCCC(NC(=O)c1cccc([N+](=O)[O-])c1)C(=O)NCCCN1CCCC(C(N)=O)C1. The fourth-order valence-electron chi connectivity index (χ4n) is 3.64. The molecule has 2 rings (SSSR count). The molecule has 1 aromatic rings. The van der Waals surface area contributed by atoms with Crippen LogP contribution in [0.1, 0.15) is 36.0 Å². The molecule has 0 aliphatic carbocycles. The van der Waals surface area contributed by atoms with Gasteiger partial charge in [0, 0.05) is 30.8 Å². The number of nitrogens with zero attached hydrogens (tertiary/aromatic N) is 2. The zero-order valence-electron chi connectivity index (χ0n) is 18.2. The predicted octanol–water partition coefficient (Wildman–Crippen LogP) is 1.15. The number of hydrogen-bond acceptors (Lipinski definition) is 7. The molecule has 1 saturated heterocycles. The van der Waals surface area contributed by atoms with Gasteiger partial charge in [-0.1, -0.05) is 6.07 Å². The number of amides is 3. The first-order valence-electron chi connectivity index (χ1n) is 10.7. The number of piperidine rings is 1. The molecule has 1 heterocycles. The van der Waals surface area contributed by atoms with Gasteiger partial charge >= 0.3 is 0 Å². The van der Waals surface area contributed by atoms with E-state index in [-0.39, 0.29) is 29.0 Å². The number of benzene rings is 1. The second kappa shape index (κ2) is 13.0. The number of nitro benzene ring substituents is 1. The summed E-state index contributed by atoms with van der Waals surface area (Å²) in [5.41, 5.74) is 5.36. The van der Waals surface area contributed by atoms with Gasteiger partial charge in [0.25, 0.3) is 11.6 Å². The van der Waals surface area contributed by atoms with Crippen molar-refractivity contribution in [2.75, 3.05) is 38.2 Å². The van der Waals surface area contributed by atoms with Crippen molar-refractivity contribution in [3.8, 4) is 0 Å². The second-order valence-electron chi connectivity index (χ2n) is 7.80. The van der Waals surface area contributed by atoms with Crippen LogP contribution in [0.3, 0.4) is 0 Å². The minimum Gasteiger partial charge on any atom is -0.369 e. The second-order valence-corrected chi connectivity index (χ2v) is 8.79. The van der Waals surface area contributed by atoms with Crippen LogP contribution in [-0.4, -0.2) is 71.8 Å². The maximum atomic E-state index is 12.7. The molecule has 10 nitrogen and oxygen atoms in total. The Balaban J connectivity index is 1.85. The van der Waals surface area contributed by atoms with Crippen LogP contribution in [-0.2, 0) is 9.59 Å². The van der Waals surface area contributed by atoms with Crippen LogP contribution in [0.15, 0.2) is 24.3 Å². The first-order valence-corrected chi connectivity index (χ1v) is 12.0. The topological polar surface area (TPSA) is 148 Å². The van der Waals surface area contributed by atoms with Crippen molar-refractivity contribution in [3.05, 3.63) is 39.9 Å². The van der Waals surface area contributed by atoms with Crippen molar-refractivity contribution >= 4 is 35.2 Å². The van der Waals surface area contributed by atoms with Crippen molar-refractivity contribution in [1.29, 1.82) is 0 Å². The summed E-state index contributed by atoms with van der Waals surface area (Å²) in [7, 11) is 0. The Kier molecular flexibility index (Phi) is 10.4. The Morgan fingerprint density at radius 1 is 1.38 bits per heavy atom. The maximum absolute atomic E-state index is 12.7. The van der Waals surface area contributed by atoms with Crippen LogP contribution in [0.2, 0.25) is 0 Å². The number of thioether (sulfide) groups is 1. The van der Waals surface area contributed by atoms with Crippen molar-refractivity contribution in [3.63, 3.8) is 0 Å². The van der Waals surface area contributed by atoms with Crippen LogP contribution >= 0.6 is 11.8 Å². The monoisotopic (exact) mass is 465 g/mol. The molecule has 0 bridgehead atoms. The summed E-state index contributed by atoms with van der Waals surface area (Å²) in [6.45, 7) is 2.75. The molecule has 1 aliphatic rings. The Morgan fingerprint density at radius 3 is 2.84 bits per heavy atom. The van der Waals surface area contributed by atoms with Crippen LogP contribution < -0.4 is 16.4 Å². The molecule has 3 amide bonds. The van der Waals surface area contributed by atoms with E-state index in [1.54, 1.807) is 11.8 Å². The molecule has 0 aromatic heterocycles. The first-order chi connectivity index (χ1) is 15.3. The predicted molar refractivity (Wildman–Crippen MR) is 123 cm³/mol. The van der Waals surface area contributed by atoms with Gasteiger partial charge in [0.15, 0.2) is 0 Å². The number of nitrogens with two attached hydrogens (primary N) is 1. The van der Waals surface area contributed by atoms with E-state index in [0.717, 1.165) is 25.9 Å². The van der Waals surface area contributed by atoms with Gasteiger partial charge in [-0.3, -0.25) is 24.5 Å². The third-order valence-electron chi connectivity index (χ3n) is 5.41. The first kappa shape index (κ1) is 25.6. The van der Waals surface area contributed by atoms with Crippen molar-refractivity contribution in [1.82, 2.24) is 15.5 Å². The van der Waals surface area contributed by atoms with Crippen LogP contribution in [0.25, 0.3) is 0 Å². The number of carbonyl (C=O) groups is 3. The van der Waals surface area contributed by atoms with Gasteiger partial charge in [-0.05, 0) is 56.8 Å². The Labute approximate surface area is 191 Å². The standard InChI is InChI=1S/C21H31N5O5S/c1-32-12-8-18(24-20(28)15-5-2-7-17(13-15)26(30)31)21(29)23-9-4-11-25-10-3-6-16(14-25)19(22)27/h2,5,7,13,16,18H,3-4,6,8-12,14H2,1H3,(H2,22,27)(H,23,29)(H,24,28). The van der Waals surface area contributed by atoms with Crippen LogP contribution in [0, 0.1) is 16.0 Å². The van der Waals surface area contributed by atoms with Crippen LogP contribution in [0.4, 0.5) is 5.69 Å². The minimum atomic E-state index is -0.733. The summed E-state index contributed by atoms with van der Waals surface area (Å²) in [4.78, 5) is 49.2.